The third-order valence-electron chi connectivity index (χ3n) is 7.97. The van der Waals surface area contributed by atoms with Gasteiger partial charge in [0.05, 0.1) is 11.2 Å². The van der Waals surface area contributed by atoms with E-state index in [9.17, 15) is 19.2 Å². The molecule has 192 valence electrons. The lowest BCUT2D eigenvalue weighted by molar-refractivity contribution is -0.155. The molecule has 2 N–H and O–H groups in total. The van der Waals surface area contributed by atoms with Crippen LogP contribution in [-0.4, -0.2) is 51.9 Å². The zero-order valence-electron chi connectivity index (χ0n) is 21.3. The number of imide groups is 1. The van der Waals surface area contributed by atoms with Crippen molar-refractivity contribution >= 4 is 40.4 Å². The Morgan fingerprint density at radius 1 is 1.22 bits per heavy atom. The van der Waals surface area contributed by atoms with Gasteiger partial charge in [-0.2, -0.15) is 0 Å². The van der Waals surface area contributed by atoms with Crippen LogP contribution in [0.4, 0.5) is 10.5 Å². The van der Waals surface area contributed by atoms with Crippen molar-refractivity contribution in [1.82, 2.24) is 15.2 Å². The molecule has 1 aromatic carbocycles. The highest BCUT2D eigenvalue weighted by Crippen LogP contribution is 2.45. The van der Waals surface area contributed by atoms with Crippen LogP contribution in [-0.2, 0) is 19.1 Å². The fraction of sp³-hybridized carbons (Fsp3) is 0.519. The number of ether oxygens (including phenoxy) is 1. The summed E-state index contributed by atoms with van der Waals surface area (Å²) >= 11 is 0. The van der Waals surface area contributed by atoms with Gasteiger partial charge in [0.25, 0.3) is 11.8 Å². The maximum atomic E-state index is 13.2. The van der Waals surface area contributed by atoms with E-state index in [1.54, 1.807) is 24.4 Å². The Labute approximate surface area is 211 Å². The Kier molecular flexibility index (Phi) is 7.02. The van der Waals surface area contributed by atoms with E-state index in [0.717, 1.165) is 35.1 Å². The summed E-state index contributed by atoms with van der Waals surface area (Å²) in [7, 11) is 0. The Bertz CT molecular complexity index is 1180. The average molecular weight is 495 g/mol. The highest BCUT2D eigenvalue weighted by molar-refractivity contribution is 6.09. The third-order valence-corrected chi connectivity index (χ3v) is 7.97. The van der Waals surface area contributed by atoms with E-state index in [2.05, 4.69) is 36.4 Å². The van der Waals surface area contributed by atoms with Crippen molar-refractivity contribution < 1.29 is 23.9 Å². The zero-order valence-corrected chi connectivity index (χ0v) is 21.3. The van der Waals surface area contributed by atoms with Gasteiger partial charge in [0, 0.05) is 11.6 Å². The molecule has 1 atom stereocenters. The molecule has 9 heteroatoms. The van der Waals surface area contributed by atoms with E-state index in [0.29, 0.717) is 24.4 Å². The fourth-order valence-corrected chi connectivity index (χ4v) is 5.20. The van der Waals surface area contributed by atoms with Gasteiger partial charge in [-0.05, 0) is 68.2 Å². The van der Waals surface area contributed by atoms with Gasteiger partial charge in [0.15, 0.2) is 6.10 Å². The molecule has 1 aliphatic heterocycles. The summed E-state index contributed by atoms with van der Waals surface area (Å²) in [5, 5.41) is 6.35. The predicted molar refractivity (Wildman–Crippen MR) is 135 cm³/mol. The molecule has 9 nitrogen and oxygen atoms in total. The zero-order chi connectivity index (χ0) is 26.1. The first-order chi connectivity index (χ1) is 17.1. The van der Waals surface area contributed by atoms with Crippen LogP contribution in [0, 0.1) is 11.3 Å². The first-order valence-corrected chi connectivity index (χ1v) is 12.5. The topological polar surface area (TPSA) is 118 Å². The molecular weight excluding hydrogens is 460 g/mol. The van der Waals surface area contributed by atoms with Crippen molar-refractivity contribution in [1.29, 1.82) is 0 Å². The number of carbonyl (C=O) groups excluding carboxylic acids is 4. The summed E-state index contributed by atoms with van der Waals surface area (Å²) in [4.78, 5) is 56.2. The van der Waals surface area contributed by atoms with Gasteiger partial charge in [0.1, 0.15) is 12.1 Å². The first-order valence-electron chi connectivity index (χ1n) is 12.5. The van der Waals surface area contributed by atoms with E-state index >= 15 is 0 Å². The van der Waals surface area contributed by atoms with E-state index in [-0.39, 0.29) is 5.41 Å². The molecule has 0 bridgehead atoms. The largest absolute Gasteiger partial charge is 0.451 e. The van der Waals surface area contributed by atoms with Crippen molar-refractivity contribution in [3.63, 3.8) is 0 Å². The predicted octanol–water partition coefficient (Wildman–Crippen LogP) is 4.02. The quantitative estimate of drug-likeness (QED) is 0.443. The number of benzene rings is 1. The minimum atomic E-state index is -1.12. The number of aromatic nitrogens is 1. The number of rotatable bonds is 7. The number of carbonyl (C=O) groups is 4. The molecule has 1 spiro atoms. The third kappa shape index (κ3) is 4.92. The lowest BCUT2D eigenvalue weighted by Crippen LogP contribution is -2.51. The number of nitrogens with zero attached hydrogens (tertiary/aromatic N) is 2. The minimum Gasteiger partial charge on any atom is -0.451 e. The number of urea groups is 1. The number of anilines is 1. The van der Waals surface area contributed by atoms with Crippen LogP contribution >= 0.6 is 0 Å². The average Bonchev–Trinajstić information content (AvgIpc) is 3.08. The lowest BCUT2D eigenvalue weighted by Gasteiger charge is -2.42. The summed E-state index contributed by atoms with van der Waals surface area (Å²) < 4.78 is 5.27. The van der Waals surface area contributed by atoms with Crippen molar-refractivity contribution in [2.45, 2.75) is 71.4 Å². The highest BCUT2D eigenvalue weighted by Gasteiger charge is 2.54. The summed E-state index contributed by atoms with van der Waals surface area (Å²) in [5.41, 5.74) is 0.491. The summed E-state index contributed by atoms with van der Waals surface area (Å²) in [6, 6.07) is 8.34. The lowest BCUT2D eigenvalue weighted by atomic mass is 9.65. The second kappa shape index (κ2) is 9.87. The second-order valence-electron chi connectivity index (χ2n) is 10.5. The van der Waals surface area contributed by atoms with Crippen LogP contribution < -0.4 is 10.6 Å². The smallest absolute Gasteiger partial charge is 0.327 e. The van der Waals surface area contributed by atoms with Crippen LogP contribution in [0.2, 0.25) is 0 Å². The monoisotopic (exact) mass is 494 g/mol. The van der Waals surface area contributed by atoms with Gasteiger partial charge in [0.2, 0.25) is 0 Å². The maximum Gasteiger partial charge on any atom is 0.327 e. The number of amides is 4. The van der Waals surface area contributed by atoms with E-state index in [1.807, 2.05) is 12.1 Å². The van der Waals surface area contributed by atoms with Crippen LogP contribution in [0.25, 0.3) is 10.9 Å². The molecule has 1 saturated carbocycles. The standard InChI is InChI=1S/C27H34N4O5/c1-5-26(3,4)18-11-13-27(14-12-18)24(34)31(25(35)30-27)16-22(32)36-17(2)23(33)29-21-10-6-9-20-19(21)8-7-15-28-20/h6-10,15,17-18H,5,11-14,16H2,1-4H3,(H,29,33)(H,30,35). The number of nitrogens with one attached hydrogen (secondary N) is 2. The summed E-state index contributed by atoms with van der Waals surface area (Å²) in [6.07, 6.45) is 4.37. The van der Waals surface area contributed by atoms with E-state index in [4.69, 9.17) is 4.74 Å². The summed E-state index contributed by atoms with van der Waals surface area (Å²) in [6.45, 7) is 7.55. The fourth-order valence-electron chi connectivity index (χ4n) is 5.20. The van der Waals surface area contributed by atoms with Gasteiger partial charge >= 0.3 is 12.0 Å². The van der Waals surface area contributed by atoms with Gasteiger partial charge in [-0.25, -0.2) is 4.79 Å². The second-order valence-corrected chi connectivity index (χ2v) is 10.5. The molecule has 1 aliphatic carbocycles. The molecule has 2 aliphatic rings. The normalized spacial score (nSPS) is 23.0. The van der Waals surface area contributed by atoms with Crippen molar-refractivity contribution in [2.75, 3.05) is 11.9 Å². The number of fused-ring (bicyclic) bond motifs is 1. The number of pyridine rings is 1. The molecule has 1 unspecified atom stereocenters. The molecule has 1 aromatic heterocycles. The molecule has 2 aromatic rings. The van der Waals surface area contributed by atoms with E-state index in [1.165, 1.54) is 6.92 Å². The van der Waals surface area contributed by atoms with Gasteiger partial charge < -0.3 is 15.4 Å². The molecule has 36 heavy (non-hydrogen) atoms. The molecular formula is C27H34N4O5. The number of hydrogen-bond donors (Lipinski definition) is 2. The van der Waals surface area contributed by atoms with Crippen LogP contribution in [0.1, 0.15) is 59.8 Å². The number of esters is 1. The van der Waals surface area contributed by atoms with Crippen LogP contribution in [0.3, 0.4) is 0 Å². The SMILES string of the molecule is CCC(C)(C)C1CCC2(CC1)NC(=O)N(CC(=O)OC(C)C(=O)Nc1cccc3ncccc13)C2=O. The molecule has 0 radical (unpaired) electrons. The van der Waals surface area contributed by atoms with Gasteiger partial charge in [-0.3, -0.25) is 24.3 Å². The van der Waals surface area contributed by atoms with Crippen molar-refractivity contribution in [3.8, 4) is 0 Å². The molecule has 4 amide bonds. The van der Waals surface area contributed by atoms with Crippen molar-refractivity contribution in [2.24, 2.45) is 11.3 Å². The Morgan fingerprint density at radius 2 is 1.94 bits per heavy atom. The van der Waals surface area contributed by atoms with E-state index < -0.39 is 42.0 Å². The molecule has 2 heterocycles. The maximum absolute atomic E-state index is 13.2. The summed E-state index contributed by atoms with van der Waals surface area (Å²) in [5.74, 6) is -1.25. The Morgan fingerprint density at radius 3 is 2.64 bits per heavy atom. The van der Waals surface area contributed by atoms with Gasteiger partial charge in [-0.1, -0.05) is 33.3 Å². The molecule has 1 saturated heterocycles. The highest BCUT2D eigenvalue weighted by atomic mass is 16.5. The van der Waals surface area contributed by atoms with Crippen LogP contribution in [0.15, 0.2) is 36.5 Å². The first kappa shape index (κ1) is 25.6. The Hall–Kier alpha value is -3.49. The molecule has 2 fully saturated rings. The Balaban J connectivity index is 1.34. The van der Waals surface area contributed by atoms with Crippen molar-refractivity contribution in [3.05, 3.63) is 36.5 Å². The minimum absolute atomic E-state index is 0.177. The molecule has 4 rings (SSSR count). The number of hydrogen-bond acceptors (Lipinski definition) is 6. The van der Waals surface area contributed by atoms with Crippen LogP contribution in [0.5, 0.6) is 0 Å². The van der Waals surface area contributed by atoms with Gasteiger partial charge in [-0.15, -0.1) is 0 Å².